The van der Waals surface area contributed by atoms with E-state index in [1.54, 1.807) is 26.0 Å². The number of halogens is 3. The maximum absolute atomic E-state index is 13.2. The van der Waals surface area contributed by atoms with Crippen LogP contribution in [0.3, 0.4) is 0 Å². The molecule has 1 atom stereocenters. The lowest BCUT2D eigenvalue weighted by atomic mass is 9.99. The van der Waals surface area contributed by atoms with Gasteiger partial charge in [-0.25, -0.2) is 9.97 Å². The number of fused-ring (bicyclic) bond motifs is 1. The van der Waals surface area contributed by atoms with E-state index < -0.39 is 12.0 Å². The van der Waals surface area contributed by atoms with Gasteiger partial charge in [-0.2, -0.15) is 13.2 Å². The van der Waals surface area contributed by atoms with Gasteiger partial charge in [0.15, 0.2) is 0 Å². The molecule has 25 heavy (non-hydrogen) atoms. The number of nitrogens with two attached hydrogens (primary N) is 1. The third-order valence-electron chi connectivity index (χ3n) is 4.17. The quantitative estimate of drug-likeness (QED) is 0.912. The second-order valence-electron chi connectivity index (χ2n) is 6.63. The molecule has 2 aromatic rings. The number of hydrogen-bond acceptors (Lipinski definition) is 4. The Bertz CT molecular complexity index is 803. The van der Waals surface area contributed by atoms with Gasteiger partial charge >= 0.3 is 6.18 Å². The van der Waals surface area contributed by atoms with Crippen LogP contribution in [0, 0.1) is 6.92 Å². The van der Waals surface area contributed by atoms with Crippen LogP contribution in [0.2, 0.25) is 0 Å². The summed E-state index contributed by atoms with van der Waals surface area (Å²) >= 11 is 0. The molecule has 0 saturated heterocycles. The molecule has 0 spiro atoms. The van der Waals surface area contributed by atoms with Crippen LogP contribution in [0.15, 0.2) is 18.2 Å². The average Bonchev–Trinajstić information content (AvgIpc) is 2.95. The van der Waals surface area contributed by atoms with E-state index in [0.29, 0.717) is 30.0 Å². The zero-order valence-electron chi connectivity index (χ0n) is 14.3. The molecule has 0 radical (unpaired) electrons. The first-order valence-corrected chi connectivity index (χ1v) is 8.15. The molecule has 3 rings (SSSR count). The second kappa shape index (κ2) is 6.29. The van der Waals surface area contributed by atoms with Crippen LogP contribution in [-0.2, 0) is 12.6 Å². The zero-order chi connectivity index (χ0) is 18.4. The lowest BCUT2D eigenvalue weighted by molar-refractivity contribution is -0.145. The number of alkyl halides is 3. The molecule has 7 heteroatoms. The Labute approximate surface area is 144 Å². The van der Waals surface area contributed by atoms with Gasteiger partial charge in [0.05, 0.1) is 5.69 Å². The number of benzene rings is 1. The number of nitrogens with zero attached hydrogens (tertiary/aromatic N) is 2. The third kappa shape index (κ3) is 3.46. The molecule has 1 aromatic carbocycles. The molecule has 134 valence electrons. The van der Waals surface area contributed by atoms with Gasteiger partial charge in [0.25, 0.3) is 0 Å². The highest BCUT2D eigenvalue weighted by molar-refractivity contribution is 5.71. The van der Waals surface area contributed by atoms with E-state index in [0.717, 1.165) is 11.1 Å². The topological polar surface area (TPSA) is 61.0 Å². The summed E-state index contributed by atoms with van der Waals surface area (Å²) in [5.41, 5.74) is 8.70. The number of aryl methyl sites for hydroxylation is 1. The summed E-state index contributed by atoms with van der Waals surface area (Å²) < 4.78 is 45.5. The van der Waals surface area contributed by atoms with Crippen molar-refractivity contribution in [2.75, 3.05) is 6.54 Å². The largest absolute Gasteiger partial charge is 0.488 e. The normalized spacial score (nSPS) is 16.9. The van der Waals surface area contributed by atoms with Gasteiger partial charge in [0, 0.05) is 24.2 Å². The minimum atomic E-state index is -4.60. The zero-order valence-corrected chi connectivity index (χ0v) is 14.3. The SMILES string of the molecule is Cc1cc2c(c(-c3cc(C(C)C)nc(C(F)(F)F)n3)c1)O[C@H](CN)C2. The molecule has 1 aliphatic rings. The Hall–Kier alpha value is -2.15. The molecule has 0 unspecified atom stereocenters. The van der Waals surface area contributed by atoms with Crippen LogP contribution in [0.1, 0.15) is 42.4 Å². The first kappa shape index (κ1) is 17.7. The van der Waals surface area contributed by atoms with Crippen molar-refractivity contribution in [1.82, 2.24) is 9.97 Å². The van der Waals surface area contributed by atoms with Crippen molar-refractivity contribution in [2.45, 2.75) is 45.4 Å². The summed E-state index contributed by atoms with van der Waals surface area (Å²) in [7, 11) is 0. The molecule has 0 bridgehead atoms. The van der Waals surface area contributed by atoms with Crippen molar-refractivity contribution in [2.24, 2.45) is 5.73 Å². The van der Waals surface area contributed by atoms with Gasteiger partial charge < -0.3 is 10.5 Å². The number of aromatic nitrogens is 2. The fraction of sp³-hybridized carbons (Fsp3) is 0.444. The van der Waals surface area contributed by atoms with Crippen molar-refractivity contribution < 1.29 is 17.9 Å². The smallest absolute Gasteiger partial charge is 0.451 e. The van der Waals surface area contributed by atoms with Crippen molar-refractivity contribution >= 4 is 0 Å². The molecule has 4 nitrogen and oxygen atoms in total. The Kier molecular flexibility index (Phi) is 4.45. The summed E-state index contributed by atoms with van der Waals surface area (Å²) in [4.78, 5) is 7.46. The number of hydrogen-bond donors (Lipinski definition) is 1. The minimum absolute atomic E-state index is 0.154. The van der Waals surface area contributed by atoms with Gasteiger partial charge in [-0.1, -0.05) is 19.9 Å². The van der Waals surface area contributed by atoms with Gasteiger partial charge in [-0.15, -0.1) is 0 Å². The Morgan fingerprint density at radius 3 is 2.56 bits per heavy atom. The molecule has 1 aliphatic heterocycles. The van der Waals surface area contributed by atoms with E-state index in [1.165, 1.54) is 0 Å². The molecular weight excluding hydrogens is 331 g/mol. The maximum Gasteiger partial charge on any atom is 0.451 e. The standard InChI is InChI=1S/C18H20F3N3O/c1-9(2)14-7-15(24-17(23-14)18(19,20)21)13-5-10(3)4-11-6-12(8-22)25-16(11)13/h4-5,7,9,12H,6,8,22H2,1-3H3/t12-/m0/s1. The van der Waals surface area contributed by atoms with Gasteiger partial charge in [-0.05, 0) is 36.1 Å². The summed E-state index contributed by atoms with van der Waals surface area (Å²) in [6, 6.07) is 5.38. The molecule has 0 fully saturated rings. The highest BCUT2D eigenvalue weighted by Crippen LogP contribution is 2.40. The third-order valence-corrected chi connectivity index (χ3v) is 4.17. The van der Waals surface area contributed by atoms with Crippen LogP contribution in [0.25, 0.3) is 11.3 Å². The molecule has 1 aromatic heterocycles. The highest BCUT2D eigenvalue weighted by atomic mass is 19.4. The number of ether oxygens (including phenoxy) is 1. The van der Waals surface area contributed by atoms with Crippen molar-refractivity contribution in [3.63, 3.8) is 0 Å². The average molecular weight is 351 g/mol. The lowest BCUT2D eigenvalue weighted by Crippen LogP contribution is -2.24. The molecule has 0 saturated carbocycles. The van der Waals surface area contributed by atoms with Crippen molar-refractivity contribution in [3.8, 4) is 17.0 Å². The molecule has 2 heterocycles. The molecule has 0 aliphatic carbocycles. The monoisotopic (exact) mass is 351 g/mol. The first-order valence-electron chi connectivity index (χ1n) is 8.15. The van der Waals surface area contributed by atoms with Crippen LogP contribution >= 0.6 is 0 Å². The van der Waals surface area contributed by atoms with E-state index in [-0.39, 0.29) is 17.7 Å². The lowest BCUT2D eigenvalue weighted by Gasteiger charge is -2.15. The summed E-state index contributed by atoms with van der Waals surface area (Å²) in [5.74, 6) is -0.710. The molecule has 2 N–H and O–H groups in total. The van der Waals surface area contributed by atoms with Crippen molar-refractivity contribution in [1.29, 1.82) is 0 Å². The summed E-state index contributed by atoms with van der Waals surface area (Å²) in [6.07, 6.45) is -4.12. The van der Waals surface area contributed by atoms with Gasteiger partial charge in [0.2, 0.25) is 5.82 Å². The van der Waals surface area contributed by atoms with Crippen LogP contribution < -0.4 is 10.5 Å². The summed E-state index contributed by atoms with van der Waals surface area (Å²) in [6.45, 7) is 5.85. The van der Waals surface area contributed by atoms with E-state index in [1.807, 2.05) is 13.0 Å². The predicted molar refractivity (Wildman–Crippen MR) is 88.5 cm³/mol. The second-order valence-corrected chi connectivity index (χ2v) is 6.63. The first-order chi connectivity index (χ1) is 11.7. The van der Waals surface area contributed by atoms with Crippen LogP contribution in [-0.4, -0.2) is 22.6 Å². The van der Waals surface area contributed by atoms with E-state index in [4.69, 9.17) is 10.5 Å². The van der Waals surface area contributed by atoms with Crippen molar-refractivity contribution in [3.05, 3.63) is 40.8 Å². The number of rotatable bonds is 3. The van der Waals surface area contributed by atoms with Gasteiger partial charge in [0.1, 0.15) is 11.9 Å². The highest BCUT2D eigenvalue weighted by Gasteiger charge is 2.36. The van der Waals surface area contributed by atoms with Gasteiger partial charge in [-0.3, -0.25) is 0 Å². The molecular formula is C18H20F3N3O. The van der Waals surface area contributed by atoms with E-state index in [2.05, 4.69) is 9.97 Å². The Balaban J connectivity index is 2.19. The van der Waals surface area contributed by atoms with E-state index >= 15 is 0 Å². The fourth-order valence-corrected chi connectivity index (χ4v) is 2.94. The Morgan fingerprint density at radius 2 is 1.96 bits per heavy atom. The summed E-state index contributed by atoms with van der Waals surface area (Å²) in [5, 5.41) is 0. The van der Waals surface area contributed by atoms with E-state index in [9.17, 15) is 13.2 Å². The fourth-order valence-electron chi connectivity index (χ4n) is 2.94. The minimum Gasteiger partial charge on any atom is -0.488 e. The predicted octanol–water partition coefficient (Wildman–Crippen LogP) is 3.86. The Morgan fingerprint density at radius 1 is 1.24 bits per heavy atom. The van der Waals surface area contributed by atoms with Crippen LogP contribution in [0.5, 0.6) is 5.75 Å². The maximum atomic E-state index is 13.2. The van der Waals surface area contributed by atoms with Crippen LogP contribution in [0.4, 0.5) is 13.2 Å². The molecule has 0 amide bonds.